The number of nitrogens with zero attached hydrogens (tertiary/aromatic N) is 5. The second-order valence-electron chi connectivity index (χ2n) is 9.24. The molecule has 1 fully saturated rings. The van der Waals surface area contributed by atoms with Gasteiger partial charge in [0.2, 0.25) is 0 Å². The van der Waals surface area contributed by atoms with E-state index in [9.17, 15) is 4.79 Å². The summed E-state index contributed by atoms with van der Waals surface area (Å²) in [5, 5.41) is 5.34. The van der Waals surface area contributed by atoms with Gasteiger partial charge in [-0.2, -0.15) is 5.10 Å². The van der Waals surface area contributed by atoms with Crippen LogP contribution in [0.15, 0.2) is 42.9 Å². The zero-order chi connectivity index (χ0) is 25.5. The SMILES string of the molecule is CCOC(=O)C(c1ncn2c1CCC2)n1cc2c(Cl)cc(-c3ccccc3N3CCOCC3)c(F)c2n1. The third-order valence-corrected chi connectivity index (χ3v) is 7.39. The lowest BCUT2D eigenvalue weighted by Crippen LogP contribution is -2.36. The number of carbonyl (C=O) groups excluding carboxylic acids is 1. The standard InChI is InChI=1S/C27H27ClFN5O3/c1-2-37-27(35)26(25-22-8-5-9-33(22)16-30-25)34-15-19-20(28)14-18(23(29)24(19)31-34)17-6-3-4-7-21(17)32-10-12-36-13-11-32/h3-4,6-7,14-16,26H,2,5,8-13H2,1H3. The van der Waals surface area contributed by atoms with Crippen molar-refractivity contribution in [2.45, 2.75) is 32.4 Å². The molecule has 1 atom stereocenters. The lowest BCUT2D eigenvalue weighted by molar-refractivity contribution is -0.146. The van der Waals surface area contributed by atoms with Gasteiger partial charge in [-0.25, -0.2) is 14.2 Å². The van der Waals surface area contributed by atoms with Gasteiger partial charge in [0.15, 0.2) is 11.9 Å². The van der Waals surface area contributed by atoms with Crippen LogP contribution in [-0.4, -0.2) is 58.2 Å². The van der Waals surface area contributed by atoms with Crippen LogP contribution in [-0.2, 0) is 27.2 Å². The minimum absolute atomic E-state index is 0.101. The molecule has 2 aliphatic rings. The van der Waals surface area contributed by atoms with Crippen molar-refractivity contribution in [2.24, 2.45) is 0 Å². The molecule has 37 heavy (non-hydrogen) atoms. The van der Waals surface area contributed by atoms with Gasteiger partial charge in [-0.3, -0.25) is 4.68 Å². The summed E-state index contributed by atoms with van der Waals surface area (Å²) < 4.78 is 30.5. The van der Waals surface area contributed by atoms with E-state index in [0.29, 0.717) is 34.9 Å². The lowest BCUT2D eigenvalue weighted by atomic mass is 10.0. The van der Waals surface area contributed by atoms with Crippen molar-refractivity contribution in [2.75, 3.05) is 37.8 Å². The number of aryl methyl sites for hydroxylation is 1. The Kier molecular flexibility index (Phi) is 6.34. The second-order valence-corrected chi connectivity index (χ2v) is 9.64. The van der Waals surface area contributed by atoms with Gasteiger partial charge in [0.1, 0.15) is 5.52 Å². The molecule has 0 N–H and O–H groups in total. The fourth-order valence-corrected chi connectivity index (χ4v) is 5.58. The van der Waals surface area contributed by atoms with Gasteiger partial charge in [-0.1, -0.05) is 29.8 Å². The zero-order valence-corrected chi connectivity index (χ0v) is 21.2. The first-order valence-electron chi connectivity index (χ1n) is 12.6. The van der Waals surface area contributed by atoms with E-state index >= 15 is 4.39 Å². The molecule has 2 aromatic carbocycles. The first-order chi connectivity index (χ1) is 18.1. The first kappa shape index (κ1) is 23.9. The molecule has 2 aromatic heterocycles. The summed E-state index contributed by atoms with van der Waals surface area (Å²) in [7, 11) is 0. The number of esters is 1. The molecule has 1 saturated heterocycles. The molecule has 0 bridgehead atoms. The van der Waals surface area contributed by atoms with Crippen LogP contribution < -0.4 is 4.90 Å². The van der Waals surface area contributed by atoms with Crippen LogP contribution in [0.3, 0.4) is 0 Å². The van der Waals surface area contributed by atoms with Gasteiger partial charge in [-0.05, 0) is 31.9 Å². The van der Waals surface area contributed by atoms with Gasteiger partial charge >= 0.3 is 5.97 Å². The highest BCUT2D eigenvalue weighted by Crippen LogP contribution is 2.39. The molecule has 1 unspecified atom stereocenters. The maximum atomic E-state index is 16.2. The number of aromatic nitrogens is 4. The second kappa shape index (κ2) is 9.79. The van der Waals surface area contributed by atoms with Crippen LogP contribution in [0.4, 0.5) is 10.1 Å². The summed E-state index contributed by atoms with van der Waals surface area (Å²) in [6, 6.07) is 8.39. The third-order valence-electron chi connectivity index (χ3n) is 7.08. The molecular formula is C27H27ClFN5O3. The number of rotatable bonds is 6. The molecule has 6 rings (SSSR count). The van der Waals surface area contributed by atoms with Crippen LogP contribution >= 0.6 is 11.6 Å². The molecule has 0 spiro atoms. The molecule has 192 valence electrons. The normalized spacial score (nSPS) is 16.2. The number of imidazole rings is 1. The van der Waals surface area contributed by atoms with E-state index in [1.54, 1.807) is 25.5 Å². The van der Waals surface area contributed by atoms with Gasteiger partial charge in [0.25, 0.3) is 0 Å². The predicted molar refractivity (Wildman–Crippen MR) is 138 cm³/mol. The van der Waals surface area contributed by atoms with Crippen molar-refractivity contribution in [3.05, 3.63) is 65.1 Å². The Balaban J connectivity index is 1.48. The summed E-state index contributed by atoms with van der Waals surface area (Å²) in [4.78, 5) is 19.8. The number of halogens is 2. The number of hydrogen-bond acceptors (Lipinski definition) is 6. The van der Waals surface area contributed by atoms with Crippen molar-refractivity contribution in [3.8, 4) is 11.1 Å². The van der Waals surface area contributed by atoms with Crippen LogP contribution in [0.5, 0.6) is 0 Å². The minimum Gasteiger partial charge on any atom is -0.464 e. The average Bonchev–Trinajstić information content (AvgIpc) is 3.65. The van der Waals surface area contributed by atoms with Gasteiger partial charge in [-0.15, -0.1) is 0 Å². The largest absolute Gasteiger partial charge is 0.464 e. The van der Waals surface area contributed by atoms with E-state index in [1.807, 2.05) is 28.8 Å². The highest BCUT2D eigenvalue weighted by atomic mass is 35.5. The van der Waals surface area contributed by atoms with Crippen LogP contribution in [0.25, 0.3) is 22.0 Å². The van der Waals surface area contributed by atoms with Gasteiger partial charge in [0.05, 0.1) is 36.9 Å². The van der Waals surface area contributed by atoms with Crippen molar-refractivity contribution in [3.63, 3.8) is 0 Å². The zero-order valence-electron chi connectivity index (χ0n) is 20.5. The lowest BCUT2D eigenvalue weighted by Gasteiger charge is -2.30. The van der Waals surface area contributed by atoms with E-state index in [-0.39, 0.29) is 12.1 Å². The summed E-state index contributed by atoms with van der Waals surface area (Å²) in [5.41, 5.74) is 3.67. The highest BCUT2D eigenvalue weighted by molar-refractivity contribution is 6.35. The number of para-hydroxylation sites is 1. The van der Waals surface area contributed by atoms with Crippen LogP contribution in [0.2, 0.25) is 5.02 Å². The summed E-state index contributed by atoms with van der Waals surface area (Å²) in [5.74, 6) is -0.977. The summed E-state index contributed by atoms with van der Waals surface area (Å²) >= 11 is 6.71. The topological polar surface area (TPSA) is 74.4 Å². The molecule has 0 amide bonds. The number of benzene rings is 2. The van der Waals surface area contributed by atoms with Crippen molar-refractivity contribution in [1.29, 1.82) is 0 Å². The number of morpholine rings is 1. The Morgan fingerprint density at radius 1 is 1.22 bits per heavy atom. The number of hydrogen-bond donors (Lipinski definition) is 0. The fourth-order valence-electron chi connectivity index (χ4n) is 5.33. The molecule has 0 aliphatic carbocycles. The molecule has 0 radical (unpaired) electrons. The quantitative estimate of drug-likeness (QED) is 0.343. The number of carbonyl (C=O) groups is 1. The van der Waals surface area contributed by atoms with E-state index in [4.69, 9.17) is 21.1 Å². The highest BCUT2D eigenvalue weighted by Gasteiger charge is 2.33. The van der Waals surface area contributed by atoms with Crippen molar-refractivity contribution in [1.82, 2.24) is 19.3 Å². The van der Waals surface area contributed by atoms with E-state index < -0.39 is 17.8 Å². The number of anilines is 1. The first-order valence-corrected chi connectivity index (χ1v) is 12.9. The average molecular weight is 524 g/mol. The molecule has 2 aliphatic heterocycles. The fraction of sp³-hybridized carbons (Fsp3) is 0.370. The molecule has 4 heterocycles. The smallest absolute Gasteiger partial charge is 0.337 e. The molecule has 0 saturated carbocycles. The van der Waals surface area contributed by atoms with E-state index in [1.165, 1.54) is 4.68 Å². The monoisotopic (exact) mass is 523 g/mol. The minimum atomic E-state index is -0.929. The molecular weight excluding hydrogens is 497 g/mol. The third kappa shape index (κ3) is 4.16. The summed E-state index contributed by atoms with van der Waals surface area (Å²) in [6.45, 7) is 5.50. The van der Waals surface area contributed by atoms with Crippen LogP contribution in [0, 0.1) is 5.82 Å². The van der Waals surface area contributed by atoms with E-state index in [0.717, 1.165) is 49.4 Å². The Labute approximate surface area is 218 Å². The number of ether oxygens (including phenoxy) is 2. The molecule has 8 nitrogen and oxygen atoms in total. The maximum absolute atomic E-state index is 16.2. The Morgan fingerprint density at radius 2 is 2.03 bits per heavy atom. The van der Waals surface area contributed by atoms with Gasteiger partial charge in [0, 0.05) is 53.7 Å². The maximum Gasteiger partial charge on any atom is 0.337 e. The Bertz CT molecular complexity index is 1480. The van der Waals surface area contributed by atoms with Crippen molar-refractivity contribution >= 4 is 34.2 Å². The van der Waals surface area contributed by atoms with Crippen molar-refractivity contribution < 1.29 is 18.7 Å². The summed E-state index contributed by atoms with van der Waals surface area (Å²) in [6.07, 6.45) is 5.14. The van der Waals surface area contributed by atoms with Crippen LogP contribution in [0.1, 0.15) is 30.8 Å². The van der Waals surface area contributed by atoms with E-state index in [2.05, 4.69) is 15.0 Å². The molecule has 10 heteroatoms. The Morgan fingerprint density at radius 3 is 2.84 bits per heavy atom. The van der Waals surface area contributed by atoms with Gasteiger partial charge < -0.3 is 18.9 Å². The molecule has 4 aromatic rings. The predicted octanol–water partition coefficient (Wildman–Crippen LogP) is 4.63. The number of fused-ring (bicyclic) bond motifs is 2. The Hall–Kier alpha value is -3.43.